The lowest BCUT2D eigenvalue weighted by molar-refractivity contribution is -0.141. The molecule has 0 aromatic heterocycles. The first-order valence-corrected chi connectivity index (χ1v) is 12.5. The van der Waals surface area contributed by atoms with E-state index >= 15 is 0 Å². The molecule has 0 aliphatic carbocycles. The summed E-state index contributed by atoms with van der Waals surface area (Å²) in [4.78, 5) is 28.9. The van der Waals surface area contributed by atoms with Crippen molar-refractivity contribution in [2.24, 2.45) is 0 Å². The molecule has 0 spiro atoms. The highest BCUT2D eigenvalue weighted by molar-refractivity contribution is 6.42. The highest BCUT2D eigenvalue weighted by Gasteiger charge is 2.32. The second-order valence-corrected chi connectivity index (χ2v) is 10.8. The minimum Gasteiger partial charge on any atom is -0.350 e. The average molecular weight is 532 g/mol. The Morgan fingerprint density at radius 2 is 1.51 bits per heavy atom. The van der Waals surface area contributed by atoms with Gasteiger partial charge < -0.3 is 10.2 Å². The van der Waals surface area contributed by atoms with E-state index in [2.05, 4.69) is 5.32 Å². The molecule has 0 radical (unpaired) electrons. The van der Waals surface area contributed by atoms with Gasteiger partial charge in [-0.2, -0.15) is 0 Å². The van der Waals surface area contributed by atoms with E-state index in [1.807, 2.05) is 69.3 Å². The molecule has 0 saturated carbocycles. The van der Waals surface area contributed by atoms with Crippen molar-refractivity contribution in [2.75, 3.05) is 0 Å². The normalized spacial score (nSPS) is 12.2. The molecule has 0 fully saturated rings. The molecule has 3 rings (SSSR count). The molecular formula is C28H29Cl3N2O2. The van der Waals surface area contributed by atoms with E-state index in [4.69, 9.17) is 34.8 Å². The van der Waals surface area contributed by atoms with Crippen LogP contribution in [0.15, 0.2) is 72.8 Å². The van der Waals surface area contributed by atoms with Crippen molar-refractivity contribution in [3.8, 4) is 0 Å². The first-order chi connectivity index (χ1) is 16.5. The lowest BCUT2D eigenvalue weighted by atomic mass is 10.00. The molecule has 0 bridgehead atoms. The van der Waals surface area contributed by atoms with Gasteiger partial charge in [0.2, 0.25) is 11.8 Å². The van der Waals surface area contributed by atoms with E-state index in [0.29, 0.717) is 21.5 Å². The highest BCUT2D eigenvalue weighted by atomic mass is 35.5. The maximum atomic E-state index is 13.7. The van der Waals surface area contributed by atoms with Gasteiger partial charge in [0.05, 0.1) is 16.5 Å². The summed E-state index contributed by atoms with van der Waals surface area (Å²) in [5.41, 5.74) is 2.05. The molecule has 0 unspecified atom stereocenters. The van der Waals surface area contributed by atoms with Crippen LogP contribution >= 0.6 is 34.8 Å². The third-order valence-electron chi connectivity index (χ3n) is 5.35. The zero-order valence-corrected chi connectivity index (χ0v) is 22.3. The standard InChI is InChI=1S/C28H29Cl3N2O2/c1-28(2,3)32-27(35)25(16-19-8-5-4-6-9-19)33(18-21-12-13-23(30)24(31)15-21)26(34)17-20-10-7-11-22(29)14-20/h4-15,25H,16-18H2,1-3H3,(H,32,35)/t25-/m1/s1. The summed E-state index contributed by atoms with van der Waals surface area (Å²) in [6.07, 6.45) is 0.474. The van der Waals surface area contributed by atoms with Crippen LogP contribution in [0.5, 0.6) is 0 Å². The second-order valence-electron chi connectivity index (χ2n) is 9.52. The number of amides is 2. The highest BCUT2D eigenvalue weighted by Crippen LogP contribution is 2.25. The van der Waals surface area contributed by atoms with Gasteiger partial charge in [0.15, 0.2) is 0 Å². The van der Waals surface area contributed by atoms with Crippen molar-refractivity contribution in [1.29, 1.82) is 0 Å². The van der Waals surface area contributed by atoms with Crippen LogP contribution in [0.1, 0.15) is 37.5 Å². The maximum Gasteiger partial charge on any atom is 0.243 e. The van der Waals surface area contributed by atoms with Crippen LogP contribution in [0.4, 0.5) is 0 Å². The molecular weight excluding hydrogens is 503 g/mol. The summed E-state index contributed by atoms with van der Waals surface area (Å²) in [5, 5.41) is 4.43. The maximum absolute atomic E-state index is 13.7. The van der Waals surface area contributed by atoms with Gasteiger partial charge in [0.25, 0.3) is 0 Å². The van der Waals surface area contributed by atoms with Gasteiger partial charge in [-0.25, -0.2) is 0 Å². The van der Waals surface area contributed by atoms with Crippen molar-refractivity contribution in [3.63, 3.8) is 0 Å². The van der Waals surface area contributed by atoms with E-state index in [-0.39, 0.29) is 24.8 Å². The molecule has 0 aliphatic heterocycles. The Hall–Kier alpha value is -2.53. The van der Waals surface area contributed by atoms with E-state index in [0.717, 1.165) is 16.7 Å². The minimum absolute atomic E-state index is 0.107. The number of nitrogens with zero attached hydrogens (tertiary/aromatic N) is 1. The number of hydrogen-bond acceptors (Lipinski definition) is 2. The zero-order chi connectivity index (χ0) is 25.6. The van der Waals surface area contributed by atoms with E-state index in [1.165, 1.54) is 0 Å². The summed E-state index contributed by atoms with van der Waals surface area (Å²) in [5.74, 6) is -0.413. The van der Waals surface area contributed by atoms with Crippen molar-refractivity contribution in [2.45, 2.75) is 51.7 Å². The smallest absolute Gasteiger partial charge is 0.243 e. The largest absolute Gasteiger partial charge is 0.350 e. The molecule has 3 aromatic carbocycles. The van der Waals surface area contributed by atoms with Crippen LogP contribution in [0, 0.1) is 0 Å². The molecule has 1 N–H and O–H groups in total. The van der Waals surface area contributed by atoms with Gasteiger partial charge in [-0.3, -0.25) is 9.59 Å². The lowest BCUT2D eigenvalue weighted by Crippen LogP contribution is -2.54. The minimum atomic E-state index is -0.738. The number of rotatable bonds is 8. The van der Waals surface area contributed by atoms with Crippen LogP contribution < -0.4 is 5.32 Å². The first kappa shape index (κ1) is 27.1. The summed E-state index contributed by atoms with van der Waals surface area (Å²) in [7, 11) is 0. The van der Waals surface area contributed by atoms with Crippen LogP contribution in [-0.4, -0.2) is 28.3 Å². The molecule has 35 heavy (non-hydrogen) atoms. The Bertz CT molecular complexity index is 1180. The Kier molecular flexibility index (Phi) is 9.23. The number of hydrogen-bond donors (Lipinski definition) is 1. The molecule has 3 aromatic rings. The van der Waals surface area contributed by atoms with Crippen molar-refractivity contribution >= 4 is 46.6 Å². The van der Waals surface area contributed by atoms with Gasteiger partial charge in [-0.1, -0.05) is 83.3 Å². The van der Waals surface area contributed by atoms with Crippen molar-refractivity contribution in [3.05, 3.63) is 105 Å². The molecule has 0 saturated heterocycles. The van der Waals surface area contributed by atoms with E-state index < -0.39 is 11.6 Å². The third-order valence-corrected chi connectivity index (χ3v) is 6.32. The Labute approximate surface area is 222 Å². The fraction of sp³-hybridized carbons (Fsp3) is 0.286. The quantitative estimate of drug-likeness (QED) is 0.350. The summed E-state index contributed by atoms with van der Waals surface area (Å²) in [6.45, 7) is 5.95. The average Bonchev–Trinajstić information content (AvgIpc) is 2.78. The lowest BCUT2D eigenvalue weighted by Gasteiger charge is -2.34. The number of carbonyl (C=O) groups is 2. The van der Waals surface area contributed by atoms with Gasteiger partial charge in [-0.15, -0.1) is 0 Å². The first-order valence-electron chi connectivity index (χ1n) is 11.4. The fourth-order valence-corrected chi connectivity index (χ4v) is 4.30. The molecule has 0 heterocycles. The number of nitrogens with one attached hydrogen (secondary N) is 1. The van der Waals surface area contributed by atoms with Gasteiger partial charge >= 0.3 is 0 Å². The molecule has 2 amide bonds. The molecule has 4 nitrogen and oxygen atoms in total. The summed E-state index contributed by atoms with van der Waals surface area (Å²) < 4.78 is 0. The molecule has 184 valence electrons. The Morgan fingerprint density at radius 1 is 0.829 bits per heavy atom. The van der Waals surface area contributed by atoms with Crippen LogP contribution in [0.25, 0.3) is 0 Å². The summed E-state index contributed by atoms with van der Waals surface area (Å²) in [6, 6.07) is 21.4. The predicted octanol–water partition coefficient (Wildman–Crippen LogP) is 6.74. The fourth-order valence-electron chi connectivity index (χ4n) is 3.76. The third kappa shape index (κ3) is 8.28. The molecule has 0 aliphatic rings. The van der Waals surface area contributed by atoms with E-state index in [1.54, 1.807) is 29.2 Å². The summed E-state index contributed by atoms with van der Waals surface area (Å²) >= 11 is 18.5. The number of halogens is 3. The van der Waals surface area contributed by atoms with E-state index in [9.17, 15) is 9.59 Å². The van der Waals surface area contributed by atoms with Crippen LogP contribution in [0.3, 0.4) is 0 Å². The SMILES string of the molecule is CC(C)(C)NC(=O)[C@@H](Cc1ccccc1)N(Cc1ccc(Cl)c(Cl)c1)C(=O)Cc1cccc(Cl)c1. The topological polar surface area (TPSA) is 49.4 Å². The monoisotopic (exact) mass is 530 g/mol. The van der Waals surface area contributed by atoms with Crippen molar-refractivity contribution < 1.29 is 9.59 Å². The van der Waals surface area contributed by atoms with Gasteiger partial charge in [0.1, 0.15) is 6.04 Å². The molecule has 7 heteroatoms. The molecule has 1 atom stereocenters. The van der Waals surface area contributed by atoms with Crippen molar-refractivity contribution in [1.82, 2.24) is 10.2 Å². The second kappa shape index (κ2) is 11.9. The van der Waals surface area contributed by atoms with Crippen LogP contribution in [-0.2, 0) is 29.0 Å². The van der Waals surface area contributed by atoms with Gasteiger partial charge in [-0.05, 0) is 61.7 Å². The predicted molar refractivity (Wildman–Crippen MR) is 144 cm³/mol. The Morgan fingerprint density at radius 3 is 2.14 bits per heavy atom. The number of carbonyl (C=O) groups excluding carboxylic acids is 2. The van der Waals surface area contributed by atoms with Crippen LogP contribution in [0.2, 0.25) is 15.1 Å². The number of benzene rings is 3. The Balaban J connectivity index is 2.01. The zero-order valence-electron chi connectivity index (χ0n) is 20.0. The van der Waals surface area contributed by atoms with Gasteiger partial charge in [0, 0.05) is 23.5 Å².